The monoisotopic (exact) mass is 382 g/mol. The van der Waals surface area contributed by atoms with E-state index < -0.39 is 5.60 Å². The van der Waals surface area contributed by atoms with Crippen LogP contribution in [0.1, 0.15) is 59.9 Å². The molecule has 0 aliphatic heterocycles. The van der Waals surface area contributed by atoms with Gasteiger partial charge in [0.05, 0.1) is 0 Å². The maximum atomic E-state index is 11.9. The molecule has 0 unspecified atom stereocenters. The molecule has 25 heavy (non-hydrogen) atoms. The zero-order valence-electron chi connectivity index (χ0n) is 16.3. The van der Waals surface area contributed by atoms with E-state index >= 15 is 0 Å². The third kappa shape index (κ3) is 9.37. The molecule has 0 spiro atoms. The van der Waals surface area contributed by atoms with E-state index in [1.54, 1.807) is 17.8 Å². The van der Waals surface area contributed by atoms with Gasteiger partial charge in [-0.1, -0.05) is 39.0 Å². The number of carbonyl (C=O) groups excluding carboxylic acids is 1. The van der Waals surface area contributed by atoms with Crippen LogP contribution in [0.2, 0.25) is 0 Å². The Balaban J connectivity index is 2.77. The Hall–Kier alpha value is -0.930. The number of carbonyl (C=O) groups is 1. The summed E-state index contributed by atoms with van der Waals surface area (Å²) in [6.07, 6.45) is 5.32. The SMILES string of the molecule is CC(C)(C)OC(=O)/C=C/[C@H](CCCCl)Sc1ccc(C(C)(C)C)cc1. The fraction of sp³-hybridized carbons (Fsp3) is 0.571. The lowest BCUT2D eigenvalue weighted by atomic mass is 9.87. The lowest BCUT2D eigenvalue weighted by Crippen LogP contribution is -2.22. The summed E-state index contributed by atoms with van der Waals surface area (Å²) in [5.74, 6) is 0.326. The summed E-state index contributed by atoms with van der Waals surface area (Å²) in [6, 6.07) is 8.66. The van der Waals surface area contributed by atoms with Crippen LogP contribution in [0.3, 0.4) is 0 Å². The average Bonchev–Trinajstić information content (AvgIpc) is 2.48. The minimum Gasteiger partial charge on any atom is -0.457 e. The maximum absolute atomic E-state index is 11.9. The van der Waals surface area contributed by atoms with Gasteiger partial charge in [0.1, 0.15) is 5.60 Å². The second-order valence-corrected chi connectivity index (χ2v) is 9.85. The predicted octanol–water partition coefficient (Wildman–Crippen LogP) is 6.36. The highest BCUT2D eigenvalue weighted by molar-refractivity contribution is 8.00. The van der Waals surface area contributed by atoms with Gasteiger partial charge in [-0.25, -0.2) is 4.79 Å². The Morgan fingerprint density at radius 1 is 1.16 bits per heavy atom. The fourth-order valence-electron chi connectivity index (χ4n) is 2.20. The first kappa shape index (κ1) is 22.1. The Morgan fingerprint density at radius 3 is 2.24 bits per heavy atom. The van der Waals surface area contributed by atoms with Crippen LogP contribution < -0.4 is 0 Å². The van der Waals surface area contributed by atoms with Crippen molar-refractivity contribution in [3.63, 3.8) is 0 Å². The van der Waals surface area contributed by atoms with Crippen LogP contribution in [0.15, 0.2) is 41.3 Å². The van der Waals surface area contributed by atoms with E-state index in [0.29, 0.717) is 5.88 Å². The van der Waals surface area contributed by atoms with E-state index in [1.807, 2.05) is 26.8 Å². The van der Waals surface area contributed by atoms with Gasteiger partial charge < -0.3 is 4.74 Å². The van der Waals surface area contributed by atoms with Crippen molar-refractivity contribution < 1.29 is 9.53 Å². The summed E-state index contributed by atoms with van der Waals surface area (Å²) < 4.78 is 5.33. The third-order valence-corrected chi connectivity index (χ3v) is 4.99. The third-order valence-electron chi connectivity index (χ3n) is 3.48. The summed E-state index contributed by atoms with van der Waals surface area (Å²) in [5, 5.41) is 0.201. The summed E-state index contributed by atoms with van der Waals surface area (Å²) in [7, 11) is 0. The van der Waals surface area contributed by atoms with Crippen molar-refractivity contribution >= 4 is 29.3 Å². The molecule has 1 aromatic rings. The molecule has 0 aliphatic carbocycles. The van der Waals surface area contributed by atoms with Gasteiger partial charge in [0.25, 0.3) is 0 Å². The topological polar surface area (TPSA) is 26.3 Å². The summed E-state index contributed by atoms with van der Waals surface area (Å²) in [4.78, 5) is 13.1. The quantitative estimate of drug-likeness (QED) is 0.237. The summed E-state index contributed by atoms with van der Waals surface area (Å²) in [6.45, 7) is 12.2. The molecular formula is C21H31ClO2S. The van der Waals surface area contributed by atoms with Gasteiger partial charge in [0.15, 0.2) is 0 Å². The molecule has 4 heteroatoms. The number of esters is 1. The highest BCUT2D eigenvalue weighted by Gasteiger charge is 2.16. The van der Waals surface area contributed by atoms with Gasteiger partial charge in [-0.05, 0) is 56.7 Å². The number of hydrogen-bond acceptors (Lipinski definition) is 3. The van der Waals surface area contributed by atoms with Crippen LogP contribution in [0.5, 0.6) is 0 Å². The molecule has 0 saturated carbocycles. The minimum atomic E-state index is -0.469. The molecule has 0 heterocycles. The van der Waals surface area contributed by atoms with Crippen molar-refractivity contribution in [2.24, 2.45) is 0 Å². The van der Waals surface area contributed by atoms with E-state index in [9.17, 15) is 4.79 Å². The maximum Gasteiger partial charge on any atom is 0.330 e. The molecule has 0 N–H and O–H groups in total. The van der Waals surface area contributed by atoms with Crippen molar-refractivity contribution in [3.05, 3.63) is 42.0 Å². The zero-order valence-corrected chi connectivity index (χ0v) is 17.8. The van der Waals surface area contributed by atoms with Crippen LogP contribution in [0.4, 0.5) is 0 Å². The molecule has 140 valence electrons. The molecule has 0 bridgehead atoms. The average molecular weight is 383 g/mol. The first-order valence-corrected chi connectivity index (χ1v) is 10.2. The number of thioether (sulfide) groups is 1. The van der Waals surface area contributed by atoms with Crippen molar-refractivity contribution in [2.75, 3.05) is 5.88 Å². The van der Waals surface area contributed by atoms with Gasteiger partial charge in [-0.3, -0.25) is 0 Å². The van der Waals surface area contributed by atoms with Gasteiger partial charge in [0.2, 0.25) is 0 Å². The van der Waals surface area contributed by atoms with Crippen LogP contribution in [-0.4, -0.2) is 22.7 Å². The summed E-state index contributed by atoms with van der Waals surface area (Å²) >= 11 is 7.60. The number of ether oxygens (including phenoxy) is 1. The number of rotatable bonds is 7. The number of benzene rings is 1. The molecule has 0 fully saturated rings. The van der Waals surface area contributed by atoms with E-state index in [4.69, 9.17) is 16.3 Å². The van der Waals surface area contributed by atoms with Crippen molar-refractivity contribution in [3.8, 4) is 0 Å². The van der Waals surface area contributed by atoms with Crippen LogP contribution in [0.25, 0.3) is 0 Å². The van der Waals surface area contributed by atoms with Crippen molar-refractivity contribution in [1.82, 2.24) is 0 Å². The first-order valence-electron chi connectivity index (χ1n) is 8.75. The molecular weight excluding hydrogens is 352 g/mol. The lowest BCUT2D eigenvalue weighted by molar-refractivity contribution is -0.148. The highest BCUT2D eigenvalue weighted by Crippen LogP contribution is 2.30. The Morgan fingerprint density at radius 2 is 1.76 bits per heavy atom. The fourth-order valence-corrected chi connectivity index (χ4v) is 3.44. The second-order valence-electron chi connectivity index (χ2n) is 8.15. The Bertz CT molecular complexity index is 565. The predicted molar refractivity (Wildman–Crippen MR) is 110 cm³/mol. The van der Waals surface area contributed by atoms with Gasteiger partial charge in [-0.15, -0.1) is 23.4 Å². The molecule has 0 aliphatic rings. The minimum absolute atomic E-state index is 0.151. The zero-order chi connectivity index (χ0) is 19.1. The lowest BCUT2D eigenvalue weighted by Gasteiger charge is -2.20. The molecule has 2 nitrogen and oxygen atoms in total. The normalized spacial score (nSPS) is 13.9. The molecule has 1 rings (SSSR count). The van der Waals surface area contributed by atoms with Gasteiger partial charge in [0, 0.05) is 22.1 Å². The molecule has 0 amide bonds. The van der Waals surface area contributed by atoms with E-state index in [-0.39, 0.29) is 16.6 Å². The van der Waals surface area contributed by atoms with E-state index in [1.165, 1.54) is 10.5 Å². The standard InChI is InChI=1S/C21H31ClO2S/c1-20(2,3)16-9-11-18(12-10-16)25-17(8-7-15-22)13-14-19(23)24-21(4,5)6/h9-14,17H,7-8,15H2,1-6H3/b14-13+/t17-/m0/s1. The van der Waals surface area contributed by atoms with Gasteiger partial charge in [-0.2, -0.15) is 0 Å². The Labute approximate surface area is 162 Å². The second kappa shape index (κ2) is 9.68. The van der Waals surface area contributed by atoms with Crippen molar-refractivity contribution in [1.29, 1.82) is 0 Å². The van der Waals surface area contributed by atoms with Crippen LogP contribution in [-0.2, 0) is 14.9 Å². The van der Waals surface area contributed by atoms with Gasteiger partial charge >= 0.3 is 5.97 Å². The smallest absolute Gasteiger partial charge is 0.330 e. The van der Waals surface area contributed by atoms with Crippen LogP contribution in [0, 0.1) is 0 Å². The van der Waals surface area contributed by atoms with E-state index in [2.05, 4.69) is 45.0 Å². The Kier molecular flexibility index (Phi) is 8.56. The van der Waals surface area contributed by atoms with E-state index in [0.717, 1.165) is 12.8 Å². The number of hydrogen-bond donors (Lipinski definition) is 0. The van der Waals surface area contributed by atoms with Crippen molar-refractivity contribution in [2.45, 2.75) is 75.5 Å². The molecule has 1 aromatic carbocycles. The highest BCUT2D eigenvalue weighted by atomic mass is 35.5. The molecule has 0 aromatic heterocycles. The first-order chi connectivity index (χ1) is 11.5. The number of alkyl halides is 1. The molecule has 0 radical (unpaired) electrons. The van der Waals surface area contributed by atoms with Crippen LogP contribution >= 0.6 is 23.4 Å². The molecule has 0 saturated heterocycles. The number of halogens is 1. The summed E-state index contributed by atoms with van der Waals surface area (Å²) in [5.41, 5.74) is 0.999. The molecule has 1 atom stereocenters. The largest absolute Gasteiger partial charge is 0.457 e.